The molecule has 1 fully saturated rings. The summed E-state index contributed by atoms with van der Waals surface area (Å²) < 4.78 is 52.0. The summed E-state index contributed by atoms with van der Waals surface area (Å²) >= 11 is 0. The monoisotopic (exact) mass is 448 g/mol. The zero-order valence-electron chi connectivity index (χ0n) is 17.9. The van der Waals surface area contributed by atoms with E-state index in [-0.39, 0.29) is 23.3 Å². The maximum absolute atomic E-state index is 13.8. The van der Waals surface area contributed by atoms with Gasteiger partial charge in [-0.2, -0.15) is 13.2 Å². The molecule has 1 heterocycles. The summed E-state index contributed by atoms with van der Waals surface area (Å²) in [6, 6.07) is 6.34. The third-order valence-electron chi connectivity index (χ3n) is 6.38. The van der Waals surface area contributed by atoms with Gasteiger partial charge in [-0.05, 0) is 60.6 Å². The summed E-state index contributed by atoms with van der Waals surface area (Å²) in [5, 5.41) is 2.85. The Morgan fingerprint density at radius 1 is 1.16 bits per heavy atom. The van der Waals surface area contributed by atoms with Crippen LogP contribution in [-0.2, 0) is 35.2 Å². The Morgan fingerprint density at radius 3 is 2.50 bits per heavy atom. The number of carbonyl (C=O) groups excluding carboxylic acids is 2. The number of benzene rings is 2. The predicted octanol–water partition coefficient (Wildman–Crippen LogP) is 5.02. The molecule has 32 heavy (non-hydrogen) atoms. The first-order chi connectivity index (χ1) is 15.0. The van der Waals surface area contributed by atoms with Gasteiger partial charge < -0.3 is 10.2 Å². The van der Waals surface area contributed by atoms with Crippen LogP contribution in [0.4, 0.5) is 23.2 Å². The fourth-order valence-corrected chi connectivity index (χ4v) is 4.17. The molecule has 1 aliphatic heterocycles. The van der Waals surface area contributed by atoms with Crippen LogP contribution in [0.25, 0.3) is 0 Å². The Balaban J connectivity index is 1.49. The van der Waals surface area contributed by atoms with Crippen molar-refractivity contribution < 1.29 is 27.2 Å². The molecule has 1 saturated carbocycles. The number of hydrogen-bond donors (Lipinski definition) is 1. The molecule has 4 rings (SSSR count). The average Bonchev–Trinajstić information content (AvgIpc) is 3.47. The summed E-state index contributed by atoms with van der Waals surface area (Å²) in [7, 11) is 0. The molecule has 0 saturated heterocycles. The highest BCUT2D eigenvalue weighted by Crippen LogP contribution is 2.47. The first-order valence-corrected chi connectivity index (χ1v) is 10.5. The number of hydrogen-bond acceptors (Lipinski definition) is 2. The Kier molecular flexibility index (Phi) is 5.51. The minimum absolute atomic E-state index is 0.157. The molecule has 2 aromatic rings. The number of fused-ring (bicyclic) bond motifs is 1. The van der Waals surface area contributed by atoms with Gasteiger partial charge in [-0.1, -0.05) is 25.1 Å². The lowest BCUT2D eigenvalue weighted by Gasteiger charge is -2.32. The molecule has 0 spiro atoms. The third-order valence-corrected chi connectivity index (χ3v) is 6.38. The van der Waals surface area contributed by atoms with E-state index in [1.807, 2.05) is 30.9 Å². The average molecular weight is 448 g/mol. The first-order valence-electron chi connectivity index (χ1n) is 10.5. The molecule has 0 unspecified atom stereocenters. The van der Waals surface area contributed by atoms with Crippen LogP contribution in [0.2, 0.25) is 0 Å². The zero-order valence-corrected chi connectivity index (χ0v) is 17.9. The number of alkyl halides is 3. The van der Waals surface area contributed by atoms with Gasteiger partial charge in [0.1, 0.15) is 5.82 Å². The predicted molar refractivity (Wildman–Crippen MR) is 111 cm³/mol. The van der Waals surface area contributed by atoms with Gasteiger partial charge in [-0.25, -0.2) is 4.39 Å². The lowest BCUT2D eigenvalue weighted by Crippen LogP contribution is -2.40. The van der Waals surface area contributed by atoms with Gasteiger partial charge in [0.15, 0.2) is 0 Å². The number of rotatable bonds is 4. The minimum atomic E-state index is -4.78. The Labute approximate surface area is 183 Å². The highest BCUT2D eigenvalue weighted by molar-refractivity contribution is 5.94. The number of aryl methyl sites for hydroxylation is 1. The fraction of sp³-hybridized carbons (Fsp3) is 0.417. The number of anilines is 1. The van der Waals surface area contributed by atoms with Crippen molar-refractivity contribution in [1.82, 2.24) is 4.90 Å². The highest BCUT2D eigenvalue weighted by atomic mass is 19.4. The normalized spacial score (nSPS) is 17.0. The second kappa shape index (κ2) is 7.90. The standard InChI is InChI=1S/C24H24F4N2O2/c1-14-3-5-16-13-30(22(32)23(2)8-9-23)10-7-17(16)21(14)29-20(31)12-15-4-6-18(19(25)11-15)24(26,27)28/h3-6,11H,7-10,12-13H2,1-2H3,(H,29,31). The van der Waals surface area contributed by atoms with Gasteiger partial charge in [0.2, 0.25) is 11.8 Å². The fourth-order valence-electron chi connectivity index (χ4n) is 4.17. The summed E-state index contributed by atoms with van der Waals surface area (Å²) in [5.74, 6) is -1.67. The van der Waals surface area contributed by atoms with Crippen LogP contribution in [0.3, 0.4) is 0 Å². The highest BCUT2D eigenvalue weighted by Gasteiger charge is 2.47. The van der Waals surface area contributed by atoms with E-state index < -0.39 is 23.5 Å². The molecule has 1 N–H and O–H groups in total. The summed E-state index contributed by atoms with van der Waals surface area (Å²) in [5.41, 5.74) is 2.00. The topological polar surface area (TPSA) is 49.4 Å². The Morgan fingerprint density at radius 2 is 1.88 bits per heavy atom. The van der Waals surface area contributed by atoms with Crippen molar-refractivity contribution >= 4 is 17.5 Å². The van der Waals surface area contributed by atoms with E-state index >= 15 is 0 Å². The molecular formula is C24H24F4N2O2. The van der Waals surface area contributed by atoms with Crippen molar-refractivity contribution in [3.8, 4) is 0 Å². The Bertz CT molecular complexity index is 1090. The van der Waals surface area contributed by atoms with E-state index in [0.717, 1.165) is 41.7 Å². The van der Waals surface area contributed by atoms with Gasteiger partial charge in [-0.3, -0.25) is 9.59 Å². The molecule has 2 aliphatic rings. The van der Waals surface area contributed by atoms with Crippen LogP contribution < -0.4 is 5.32 Å². The van der Waals surface area contributed by atoms with E-state index in [0.29, 0.717) is 31.3 Å². The summed E-state index contributed by atoms with van der Waals surface area (Å²) in [6.07, 6.45) is -2.61. The van der Waals surface area contributed by atoms with Crippen molar-refractivity contribution in [2.24, 2.45) is 5.41 Å². The van der Waals surface area contributed by atoms with Gasteiger partial charge in [-0.15, -0.1) is 0 Å². The van der Waals surface area contributed by atoms with E-state index in [1.54, 1.807) is 0 Å². The summed E-state index contributed by atoms with van der Waals surface area (Å²) in [6.45, 7) is 4.89. The largest absolute Gasteiger partial charge is 0.419 e. The quantitative estimate of drug-likeness (QED) is 0.668. The van der Waals surface area contributed by atoms with Crippen molar-refractivity contribution in [2.45, 2.75) is 52.3 Å². The van der Waals surface area contributed by atoms with Crippen molar-refractivity contribution in [3.63, 3.8) is 0 Å². The van der Waals surface area contributed by atoms with Gasteiger partial charge in [0.25, 0.3) is 0 Å². The number of nitrogens with zero attached hydrogens (tertiary/aromatic N) is 1. The Hall–Kier alpha value is -2.90. The molecule has 170 valence electrons. The molecule has 0 radical (unpaired) electrons. The van der Waals surface area contributed by atoms with E-state index in [4.69, 9.17) is 0 Å². The van der Waals surface area contributed by atoms with E-state index in [9.17, 15) is 27.2 Å². The second-order valence-electron chi connectivity index (χ2n) is 8.97. The van der Waals surface area contributed by atoms with Crippen LogP contribution in [-0.4, -0.2) is 23.3 Å². The van der Waals surface area contributed by atoms with Crippen LogP contribution in [0.5, 0.6) is 0 Å². The number of amides is 2. The van der Waals surface area contributed by atoms with Gasteiger partial charge in [0, 0.05) is 24.2 Å². The molecule has 4 nitrogen and oxygen atoms in total. The molecule has 2 aromatic carbocycles. The minimum Gasteiger partial charge on any atom is -0.338 e. The number of halogens is 4. The summed E-state index contributed by atoms with van der Waals surface area (Å²) in [4.78, 5) is 27.2. The smallest absolute Gasteiger partial charge is 0.338 e. The molecule has 0 bridgehead atoms. The molecule has 1 aliphatic carbocycles. The third kappa shape index (κ3) is 4.36. The van der Waals surface area contributed by atoms with Crippen molar-refractivity contribution in [1.29, 1.82) is 0 Å². The van der Waals surface area contributed by atoms with Gasteiger partial charge in [0.05, 0.1) is 12.0 Å². The maximum atomic E-state index is 13.8. The molecule has 0 aromatic heterocycles. The molecule has 8 heteroatoms. The van der Waals surface area contributed by atoms with Crippen LogP contribution >= 0.6 is 0 Å². The lowest BCUT2D eigenvalue weighted by atomic mass is 9.93. The zero-order chi connectivity index (χ0) is 23.3. The van der Waals surface area contributed by atoms with Crippen molar-refractivity contribution in [2.75, 3.05) is 11.9 Å². The van der Waals surface area contributed by atoms with E-state index in [1.165, 1.54) is 0 Å². The lowest BCUT2D eigenvalue weighted by molar-refractivity contribution is -0.140. The number of carbonyl (C=O) groups is 2. The first kappa shape index (κ1) is 22.3. The number of nitrogens with one attached hydrogen (secondary N) is 1. The second-order valence-corrected chi connectivity index (χ2v) is 8.97. The van der Waals surface area contributed by atoms with Crippen LogP contribution in [0.1, 0.15) is 47.6 Å². The molecule has 0 atom stereocenters. The molecule has 2 amide bonds. The van der Waals surface area contributed by atoms with Gasteiger partial charge >= 0.3 is 6.18 Å². The van der Waals surface area contributed by atoms with Crippen LogP contribution in [0.15, 0.2) is 30.3 Å². The SMILES string of the molecule is Cc1ccc2c(c1NC(=O)Cc1ccc(C(F)(F)F)c(F)c1)CCN(C(=O)C1(C)CC1)C2. The van der Waals surface area contributed by atoms with Crippen LogP contribution in [0, 0.1) is 18.2 Å². The van der Waals surface area contributed by atoms with E-state index in [2.05, 4.69) is 5.32 Å². The maximum Gasteiger partial charge on any atom is 0.419 e. The van der Waals surface area contributed by atoms with Crippen molar-refractivity contribution in [3.05, 3.63) is 64.0 Å². The molecular weight excluding hydrogens is 424 g/mol.